The van der Waals surface area contributed by atoms with Gasteiger partial charge in [-0.1, -0.05) is 67.9 Å². The summed E-state index contributed by atoms with van der Waals surface area (Å²) < 4.78 is 10.0. The van der Waals surface area contributed by atoms with Crippen molar-refractivity contribution in [2.24, 2.45) is 5.73 Å². The lowest BCUT2D eigenvalue weighted by Crippen LogP contribution is -2.33. The van der Waals surface area contributed by atoms with E-state index in [4.69, 9.17) is 15.2 Å². The van der Waals surface area contributed by atoms with Crippen LogP contribution in [0.4, 0.5) is 4.79 Å². The maximum atomic E-state index is 12.5. The van der Waals surface area contributed by atoms with Crippen LogP contribution in [0.5, 0.6) is 0 Å². The van der Waals surface area contributed by atoms with Crippen molar-refractivity contribution in [1.82, 2.24) is 5.32 Å². The van der Waals surface area contributed by atoms with Crippen LogP contribution in [-0.4, -0.2) is 36.4 Å². The van der Waals surface area contributed by atoms with E-state index in [1.54, 1.807) is 12.1 Å². The first-order valence-corrected chi connectivity index (χ1v) is 10.4. The van der Waals surface area contributed by atoms with Gasteiger partial charge in [0.05, 0.1) is 25.5 Å². The highest BCUT2D eigenvalue weighted by atomic mass is 16.5. The molecule has 2 aromatic carbocycles. The molecule has 2 aromatic rings. The third kappa shape index (κ3) is 8.69. The predicted molar refractivity (Wildman–Crippen MR) is 118 cm³/mol. The maximum absolute atomic E-state index is 12.5. The summed E-state index contributed by atoms with van der Waals surface area (Å²) in [5, 5.41) is 2.15. The van der Waals surface area contributed by atoms with Crippen molar-refractivity contribution in [2.75, 3.05) is 6.61 Å². The summed E-state index contributed by atoms with van der Waals surface area (Å²) in [7, 11) is 0. The number of imide groups is 1. The van der Waals surface area contributed by atoms with Crippen LogP contribution in [0.25, 0.3) is 0 Å². The molecular weight excluding hydrogens is 412 g/mol. The van der Waals surface area contributed by atoms with E-state index in [1.807, 2.05) is 37.3 Å². The number of hydrogen-bond acceptors (Lipinski definition) is 7. The lowest BCUT2D eigenvalue weighted by molar-refractivity contribution is -0.145. The van der Waals surface area contributed by atoms with Gasteiger partial charge in [0.15, 0.2) is 5.78 Å². The number of carbonyl (C=O) groups is 4. The number of alkyl carbamates (subject to hydrolysis) is 1. The van der Waals surface area contributed by atoms with Gasteiger partial charge < -0.3 is 15.2 Å². The summed E-state index contributed by atoms with van der Waals surface area (Å²) in [6, 6.07) is 14.4. The van der Waals surface area contributed by atoms with Crippen LogP contribution in [0.1, 0.15) is 47.7 Å². The van der Waals surface area contributed by atoms with Crippen molar-refractivity contribution < 1.29 is 28.7 Å². The molecule has 170 valence electrons. The molecule has 1 atom stereocenters. The first-order valence-electron chi connectivity index (χ1n) is 10.4. The van der Waals surface area contributed by atoms with E-state index in [0.717, 1.165) is 18.4 Å². The van der Waals surface area contributed by atoms with Crippen molar-refractivity contribution in [2.45, 2.75) is 45.3 Å². The number of benzene rings is 2. The number of Topliss-reactive ketones (excluding diaryl/α,β-unsaturated/α-hetero) is 1. The number of rotatable bonds is 11. The number of esters is 1. The molecule has 2 amide bonds. The molecule has 8 heteroatoms. The Morgan fingerprint density at radius 3 is 2.28 bits per heavy atom. The van der Waals surface area contributed by atoms with E-state index in [9.17, 15) is 19.2 Å². The minimum absolute atomic E-state index is 0.0464. The Hall–Kier alpha value is -3.52. The molecule has 0 bridgehead atoms. The minimum Gasteiger partial charge on any atom is -0.461 e. The average Bonchev–Trinajstić information content (AvgIpc) is 2.78. The third-order valence-electron chi connectivity index (χ3n) is 4.54. The predicted octanol–water partition coefficient (Wildman–Crippen LogP) is 2.93. The molecule has 2 rings (SSSR count). The van der Waals surface area contributed by atoms with E-state index in [-0.39, 0.29) is 26.1 Å². The average molecular weight is 440 g/mol. The van der Waals surface area contributed by atoms with Crippen LogP contribution in [0.2, 0.25) is 0 Å². The molecule has 3 N–H and O–H groups in total. The lowest BCUT2D eigenvalue weighted by Gasteiger charge is -2.11. The Labute approximate surface area is 187 Å². The molecule has 8 nitrogen and oxygen atoms in total. The van der Waals surface area contributed by atoms with Gasteiger partial charge in [0.25, 0.3) is 0 Å². The van der Waals surface area contributed by atoms with E-state index in [1.165, 1.54) is 12.1 Å². The number of amides is 2. The van der Waals surface area contributed by atoms with Crippen LogP contribution in [-0.2, 0) is 32.1 Å². The molecule has 0 aromatic heterocycles. The van der Waals surface area contributed by atoms with Crippen molar-refractivity contribution in [3.05, 3.63) is 71.3 Å². The number of unbranched alkanes of at least 4 members (excludes halogenated alkanes) is 1. The van der Waals surface area contributed by atoms with E-state index in [0.29, 0.717) is 11.1 Å². The Kier molecular flexibility index (Phi) is 10.1. The molecule has 0 fully saturated rings. The smallest absolute Gasteiger partial charge is 0.413 e. The van der Waals surface area contributed by atoms with Gasteiger partial charge in [-0.15, -0.1) is 0 Å². The standard InChI is InChI=1S/C24H28N2O6/c1-2-3-13-31-24(30)26-21(27)14-17-9-11-19(12-10-17)23(29)20(25)15-22(28)32-16-18-7-5-4-6-8-18/h4-12,20H,2-3,13-16,25H2,1H3,(H,26,27,30)/t20-/m0/s1. The van der Waals surface area contributed by atoms with Gasteiger partial charge in [-0.2, -0.15) is 0 Å². The molecule has 0 heterocycles. The zero-order valence-corrected chi connectivity index (χ0v) is 18.0. The fourth-order valence-corrected chi connectivity index (χ4v) is 2.76. The van der Waals surface area contributed by atoms with Gasteiger partial charge in [0.1, 0.15) is 6.61 Å². The van der Waals surface area contributed by atoms with Gasteiger partial charge in [-0.3, -0.25) is 19.7 Å². The second kappa shape index (κ2) is 13.0. The molecule has 0 spiro atoms. The Bertz CT molecular complexity index is 912. The maximum Gasteiger partial charge on any atom is 0.413 e. The van der Waals surface area contributed by atoms with Crippen LogP contribution < -0.4 is 11.1 Å². The second-order valence-corrected chi connectivity index (χ2v) is 7.23. The number of ketones is 1. The topological polar surface area (TPSA) is 125 Å². The van der Waals surface area contributed by atoms with Crippen molar-refractivity contribution >= 4 is 23.8 Å². The number of hydrogen-bond donors (Lipinski definition) is 2. The third-order valence-corrected chi connectivity index (χ3v) is 4.54. The highest BCUT2D eigenvalue weighted by Gasteiger charge is 2.20. The van der Waals surface area contributed by atoms with E-state index in [2.05, 4.69) is 5.32 Å². The summed E-state index contributed by atoms with van der Waals surface area (Å²) in [4.78, 5) is 47.9. The van der Waals surface area contributed by atoms with Crippen LogP contribution >= 0.6 is 0 Å². The Morgan fingerprint density at radius 2 is 1.62 bits per heavy atom. The number of nitrogens with one attached hydrogen (secondary N) is 1. The largest absolute Gasteiger partial charge is 0.461 e. The normalized spacial score (nSPS) is 11.3. The van der Waals surface area contributed by atoms with E-state index >= 15 is 0 Å². The number of nitrogens with two attached hydrogens (primary N) is 1. The highest BCUT2D eigenvalue weighted by Crippen LogP contribution is 2.10. The summed E-state index contributed by atoms with van der Waals surface area (Å²) in [6.45, 7) is 2.33. The monoisotopic (exact) mass is 440 g/mol. The molecule has 0 radical (unpaired) electrons. The summed E-state index contributed by atoms with van der Waals surface area (Å²) in [5.41, 5.74) is 7.64. The Morgan fingerprint density at radius 1 is 0.938 bits per heavy atom. The quantitative estimate of drug-likeness (QED) is 0.313. The van der Waals surface area contributed by atoms with Crippen LogP contribution in [0.3, 0.4) is 0 Å². The molecule has 0 unspecified atom stereocenters. The molecule has 0 aliphatic rings. The lowest BCUT2D eigenvalue weighted by atomic mass is 10.0. The summed E-state index contributed by atoms with van der Waals surface area (Å²) in [5.74, 6) is -1.48. The fourth-order valence-electron chi connectivity index (χ4n) is 2.76. The number of carbonyl (C=O) groups excluding carboxylic acids is 4. The molecule has 0 aliphatic carbocycles. The van der Waals surface area contributed by atoms with Gasteiger partial charge in [-0.05, 0) is 17.5 Å². The van der Waals surface area contributed by atoms with E-state index < -0.39 is 29.8 Å². The second-order valence-electron chi connectivity index (χ2n) is 7.23. The van der Waals surface area contributed by atoms with Gasteiger partial charge in [-0.25, -0.2) is 4.79 Å². The molecule has 32 heavy (non-hydrogen) atoms. The summed E-state index contributed by atoms with van der Waals surface area (Å²) in [6.07, 6.45) is 0.542. The molecule has 0 saturated heterocycles. The van der Waals surface area contributed by atoms with Crippen molar-refractivity contribution in [1.29, 1.82) is 0 Å². The molecule has 0 aliphatic heterocycles. The van der Waals surface area contributed by atoms with Crippen molar-refractivity contribution in [3.8, 4) is 0 Å². The zero-order chi connectivity index (χ0) is 23.3. The highest BCUT2D eigenvalue weighted by molar-refractivity contribution is 6.01. The van der Waals surface area contributed by atoms with Gasteiger partial charge >= 0.3 is 12.1 Å². The zero-order valence-electron chi connectivity index (χ0n) is 18.0. The minimum atomic E-state index is -1.04. The number of ether oxygens (including phenoxy) is 2. The van der Waals surface area contributed by atoms with Crippen molar-refractivity contribution in [3.63, 3.8) is 0 Å². The van der Waals surface area contributed by atoms with Crippen LogP contribution in [0.15, 0.2) is 54.6 Å². The van der Waals surface area contributed by atoms with Crippen LogP contribution in [0, 0.1) is 0 Å². The molecular formula is C24H28N2O6. The first kappa shape index (κ1) is 24.7. The molecule has 0 saturated carbocycles. The fraction of sp³-hybridized carbons (Fsp3) is 0.333. The first-order chi connectivity index (χ1) is 15.4. The SMILES string of the molecule is CCCCOC(=O)NC(=O)Cc1ccc(C(=O)[C@@H](N)CC(=O)OCc2ccccc2)cc1. The summed E-state index contributed by atoms with van der Waals surface area (Å²) >= 11 is 0. The van der Waals surface area contributed by atoms with Gasteiger partial charge in [0, 0.05) is 5.56 Å². The van der Waals surface area contributed by atoms with Gasteiger partial charge in [0.2, 0.25) is 5.91 Å². The Balaban J connectivity index is 1.79.